The molecule has 1 saturated heterocycles. The number of ether oxygens (including phenoxy) is 1. The first-order chi connectivity index (χ1) is 15.7. The molecule has 1 aliphatic heterocycles. The zero-order chi connectivity index (χ0) is 23.4. The van der Waals surface area contributed by atoms with Crippen molar-refractivity contribution in [2.45, 2.75) is 33.7 Å². The van der Waals surface area contributed by atoms with Crippen molar-refractivity contribution < 1.29 is 13.5 Å². The van der Waals surface area contributed by atoms with Gasteiger partial charge in [-0.2, -0.15) is 14.6 Å². The summed E-state index contributed by atoms with van der Waals surface area (Å²) < 4.78 is 38.1. The lowest BCUT2D eigenvalue weighted by atomic mass is 10.0. The Morgan fingerprint density at radius 1 is 1.12 bits per heavy atom. The molecule has 4 atom stereocenters. The lowest BCUT2D eigenvalue weighted by Gasteiger charge is -2.23. The number of rotatable bonds is 7. The molecule has 0 amide bonds. The summed E-state index contributed by atoms with van der Waals surface area (Å²) >= 11 is 0. The van der Waals surface area contributed by atoms with Gasteiger partial charge in [0.2, 0.25) is 0 Å². The van der Waals surface area contributed by atoms with Crippen molar-refractivity contribution in [3.8, 4) is 16.9 Å². The van der Waals surface area contributed by atoms with E-state index in [1.165, 1.54) is 23.0 Å². The largest absolute Gasteiger partial charge is 0.493 e. The monoisotopic (exact) mass is 456 g/mol. The second-order valence-electron chi connectivity index (χ2n) is 9.86. The molecular formula is C24H30F2N6O. The number of nitrogens with zero attached hydrogens (tertiary/aromatic N) is 5. The molecule has 2 fully saturated rings. The number of aromatic nitrogens is 4. The summed E-state index contributed by atoms with van der Waals surface area (Å²) in [5.41, 5.74) is 0.658. The van der Waals surface area contributed by atoms with Crippen LogP contribution in [0.5, 0.6) is 5.75 Å². The van der Waals surface area contributed by atoms with E-state index >= 15 is 8.78 Å². The van der Waals surface area contributed by atoms with E-state index in [1.807, 2.05) is 6.92 Å². The fourth-order valence-electron chi connectivity index (χ4n) is 4.94. The summed E-state index contributed by atoms with van der Waals surface area (Å²) in [7, 11) is 2.12. The third-order valence-electron chi connectivity index (χ3n) is 7.23. The fraction of sp³-hybridized carbons (Fsp3) is 0.542. The van der Waals surface area contributed by atoms with Crippen molar-refractivity contribution in [1.29, 1.82) is 0 Å². The highest BCUT2D eigenvalue weighted by Crippen LogP contribution is 2.51. The summed E-state index contributed by atoms with van der Waals surface area (Å²) in [6.45, 7) is 10.5. The van der Waals surface area contributed by atoms with Gasteiger partial charge in [-0.15, -0.1) is 0 Å². The van der Waals surface area contributed by atoms with Crippen LogP contribution < -0.4 is 10.1 Å². The maximum Gasteiger partial charge on any atom is 0.254 e. The number of aryl methyl sites for hydroxylation is 1. The van der Waals surface area contributed by atoms with E-state index in [2.05, 4.69) is 46.2 Å². The second kappa shape index (κ2) is 8.20. The Labute approximate surface area is 192 Å². The summed E-state index contributed by atoms with van der Waals surface area (Å²) in [5.74, 6) is 1.72. The van der Waals surface area contributed by atoms with Crippen molar-refractivity contribution in [3.05, 3.63) is 35.8 Å². The molecule has 1 saturated carbocycles. The lowest BCUT2D eigenvalue weighted by molar-refractivity contribution is 0.251. The quantitative estimate of drug-likeness (QED) is 0.579. The number of halogens is 2. The topological polar surface area (TPSA) is 67.6 Å². The van der Waals surface area contributed by atoms with E-state index in [9.17, 15) is 0 Å². The van der Waals surface area contributed by atoms with E-state index in [-0.39, 0.29) is 23.3 Å². The Balaban J connectivity index is 1.47. The van der Waals surface area contributed by atoms with Crippen molar-refractivity contribution >= 4 is 11.6 Å². The molecule has 5 rings (SSSR count). The van der Waals surface area contributed by atoms with Crippen LogP contribution in [0, 0.1) is 42.2 Å². The van der Waals surface area contributed by atoms with Gasteiger partial charge in [-0.25, -0.2) is 13.8 Å². The molecule has 1 N–H and O–H groups in total. The fourth-order valence-corrected chi connectivity index (χ4v) is 4.94. The Morgan fingerprint density at radius 3 is 2.42 bits per heavy atom. The number of benzene rings is 1. The molecule has 0 spiro atoms. The summed E-state index contributed by atoms with van der Waals surface area (Å²) in [5, 5.41) is 7.61. The molecule has 2 aromatic heterocycles. The molecule has 1 aliphatic carbocycles. The second-order valence-corrected chi connectivity index (χ2v) is 9.86. The van der Waals surface area contributed by atoms with E-state index < -0.39 is 11.6 Å². The van der Waals surface area contributed by atoms with Crippen LogP contribution >= 0.6 is 0 Å². The Bertz CT molecular complexity index is 1160. The number of piperidine rings is 1. The van der Waals surface area contributed by atoms with Crippen LogP contribution in [-0.4, -0.2) is 57.3 Å². The summed E-state index contributed by atoms with van der Waals surface area (Å²) in [4.78, 5) is 10.9. The van der Waals surface area contributed by atoms with E-state index in [1.54, 1.807) is 6.92 Å². The highest BCUT2D eigenvalue weighted by Gasteiger charge is 2.54. The zero-order valence-corrected chi connectivity index (χ0v) is 19.6. The van der Waals surface area contributed by atoms with Crippen LogP contribution in [0.15, 0.2) is 18.5 Å². The molecule has 176 valence electrons. The third-order valence-corrected chi connectivity index (χ3v) is 7.23. The number of anilines is 1. The highest BCUT2D eigenvalue weighted by molar-refractivity contribution is 5.80. The first kappa shape index (κ1) is 22.0. The van der Waals surface area contributed by atoms with Gasteiger partial charge in [0.1, 0.15) is 29.5 Å². The SMILES string of the molecule is Cc1nc2ncnn2c(N[C@H](C)C(C)C)c1-c1c(F)cc(OCC2[C@H]3CN(C)C[C@@H]23)cc1F. The molecular weight excluding hydrogens is 426 g/mol. The maximum atomic E-state index is 15.4. The molecule has 1 aromatic carbocycles. The van der Waals surface area contributed by atoms with Crippen LogP contribution in [0.25, 0.3) is 16.9 Å². The highest BCUT2D eigenvalue weighted by atomic mass is 19.1. The van der Waals surface area contributed by atoms with E-state index in [0.29, 0.717) is 47.2 Å². The van der Waals surface area contributed by atoms with Gasteiger partial charge < -0.3 is 15.0 Å². The smallest absolute Gasteiger partial charge is 0.254 e. The molecule has 3 aromatic rings. The average molecular weight is 457 g/mol. The number of likely N-dealkylation sites (tertiary alicyclic amines) is 1. The number of hydrogen-bond donors (Lipinski definition) is 1. The zero-order valence-electron chi connectivity index (χ0n) is 19.6. The van der Waals surface area contributed by atoms with Crippen molar-refractivity contribution in [2.24, 2.45) is 23.7 Å². The minimum Gasteiger partial charge on any atom is -0.493 e. The first-order valence-electron chi connectivity index (χ1n) is 11.5. The lowest BCUT2D eigenvalue weighted by Crippen LogP contribution is -2.24. The predicted molar refractivity (Wildman–Crippen MR) is 122 cm³/mol. The molecule has 9 heteroatoms. The molecule has 2 aliphatic rings. The van der Waals surface area contributed by atoms with Gasteiger partial charge in [0.05, 0.1) is 23.4 Å². The summed E-state index contributed by atoms with van der Waals surface area (Å²) in [6.07, 6.45) is 1.38. The molecule has 3 heterocycles. The van der Waals surface area contributed by atoms with Gasteiger partial charge in [0.25, 0.3) is 5.78 Å². The van der Waals surface area contributed by atoms with Gasteiger partial charge >= 0.3 is 0 Å². The van der Waals surface area contributed by atoms with Gasteiger partial charge in [0, 0.05) is 37.2 Å². The summed E-state index contributed by atoms with van der Waals surface area (Å²) in [6, 6.07) is 2.57. The van der Waals surface area contributed by atoms with Gasteiger partial charge in [-0.1, -0.05) is 13.8 Å². The minimum absolute atomic E-state index is 0.0312. The van der Waals surface area contributed by atoms with E-state index in [0.717, 1.165) is 13.1 Å². The van der Waals surface area contributed by atoms with Crippen LogP contribution in [0.2, 0.25) is 0 Å². The predicted octanol–water partition coefficient (Wildman–Crippen LogP) is 4.02. The van der Waals surface area contributed by atoms with Crippen LogP contribution in [0.3, 0.4) is 0 Å². The van der Waals surface area contributed by atoms with Gasteiger partial charge in [-0.3, -0.25) is 0 Å². The molecule has 0 bridgehead atoms. The van der Waals surface area contributed by atoms with Gasteiger partial charge in [0.15, 0.2) is 0 Å². The maximum absolute atomic E-state index is 15.4. The molecule has 1 unspecified atom stereocenters. The molecule has 7 nitrogen and oxygen atoms in total. The minimum atomic E-state index is -0.690. The van der Waals surface area contributed by atoms with Crippen molar-refractivity contribution in [3.63, 3.8) is 0 Å². The van der Waals surface area contributed by atoms with E-state index in [4.69, 9.17) is 4.74 Å². The number of fused-ring (bicyclic) bond motifs is 2. The van der Waals surface area contributed by atoms with Crippen molar-refractivity contribution in [1.82, 2.24) is 24.5 Å². The number of hydrogen-bond acceptors (Lipinski definition) is 6. The van der Waals surface area contributed by atoms with Crippen molar-refractivity contribution in [2.75, 3.05) is 32.1 Å². The van der Waals surface area contributed by atoms with Crippen LogP contribution in [-0.2, 0) is 0 Å². The normalized spacial score (nSPS) is 23.2. The van der Waals surface area contributed by atoms with Crippen LogP contribution in [0.4, 0.5) is 14.6 Å². The Hall–Kier alpha value is -2.81. The average Bonchev–Trinajstić information content (AvgIpc) is 3.07. The Morgan fingerprint density at radius 2 is 1.79 bits per heavy atom. The molecule has 0 radical (unpaired) electrons. The van der Waals surface area contributed by atoms with Gasteiger partial charge in [-0.05, 0) is 38.6 Å². The Kier molecular flexibility index (Phi) is 5.47. The third kappa shape index (κ3) is 3.92. The standard InChI is InChI=1S/C24H30F2N6O/c1-12(2)13(3)29-23-21(14(4)30-24-27-11-28-32(23)24)22-19(25)6-15(7-20(22)26)33-10-18-16-8-31(5)9-17(16)18/h6-7,11-13,16-18,29H,8-10H2,1-5H3/t13-,16-,17+,18?/m1/s1. The molecule has 33 heavy (non-hydrogen) atoms. The number of nitrogens with one attached hydrogen (secondary N) is 1. The first-order valence-corrected chi connectivity index (χ1v) is 11.5. The van der Waals surface area contributed by atoms with Crippen LogP contribution in [0.1, 0.15) is 26.5 Å².